The van der Waals surface area contributed by atoms with E-state index in [1.165, 1.54) is 6.07 Å². The maximum Gasteiger partial charge on any atom is 0.165 e. The average Bonchev–Trinajstić information content (AvgIpc) is 2.75. The Morgan fingerprint density at radius 1 is 1.56 bits per heavy atom. The van der Waals surface area contributed by atoms with Gasteiger partial charge in [0, 0.05) is 24.1 Å². The van der Waals surface area contributed by atoms with Crippen LogP contribution < -0.4 is 4.90 Å². The highest BCUT2D eigenvalue weighted by atomic mass is 79.9. The number of halogens is 2. The summed E-state index contributed by atoms with van der Waals surface area (Å²) in [4.78, 5) is 6.28. The van der Waals surface area contributed by atoms with Crippen molar-refractivity contribution in [2.75, 3.05) is 16.8 Å². The molecule has 1 saturated heterocycles. The van der Waals surface area contributed by atoms with Crippen molar-refractivity contribution in [2.45, 2.75) is 31.7 Å². The summed E-state index contributed by atoms with van der Waals surface area (Å²) in [6.07, 6.45) is 6.21. The van der Waals surface area contributed by atoms with Crippen LogP contribution in [0.4, 0.5) is 10.2 Å². The molecule has 1 aromatic rings. The molecular weight excluding hydrogens is 271 g/mol. The molecule has 0 bridgehead atoms. The molecule has 4 heteroatoms. The highest BCUT2D eigenvalue weighted by Crippen LogP contribution is 2.28. The Hall–Kier alpha value is -0.640. The van der Waals surface area contributed by atoms with Crippen molar-refractivity contribution in [3.05, 3.63) is 24.1 Å². The molecule has 0 N–H and O–H groups in total. The molecule has 2 nitrogen and oxygen atoms in total. The summed E-state index contributed by atoms with van der Waals surface area (Å²) in [6, 6.07) is 3.59. The lowest BCUT2D eigenvalue weighted by molar-refractivity contribution is 0.571. The van der Waals surface area contributed by atoms with Crippen LogP contribution >= 0.6 is 15.9 Å². The van der Waals surface area contributed by atoms with Gasteiger partial charge in [-0.3, -0.25) is 0 Å². The summed E-state index contributed by atoms with van der Waals surface area (Å²) >= 11 is 3.44. The molecule has 0 aliphatic carbocycles. The van der Waals surface area contributed by atoms with E-state index in [4.69, 9.17) is 0 Å². The van der Waals surface area contributed by atoms with Gasteiger partial charge in [0.1, 0.15) is 0 Å². The van der Waals surface area contributed by atoms with Gasteiger partial charge in [-0.15, -0.1) is 0 Å². The predicted molar refractivity (Wildman–Crippen MR) is 67.6 cm³/mol. The SMILES string of the molecule is Fc1cccnc1N1CCCC1CCCBr. The number of aromatic nitrogens is 1. The molecule has 1 fully saturated rings. The third-order valence-corrected chi connectivity index (χ3v) is 3.62. The molecule has 16 heavy (non-hydrogen) atoms. The molecule has 2 rings (SSSR count). The van der Waals surface area contributed by atoms with E-state index in [-0.39, 0.29) is 5.82 Å². The Balaban J connectivity index is 2.10. The van der Waals surface area contributed by atoms with Crippen LogP contribution in [0.2, 0.25) is 0 Å². The van der Waals surface area contributed by atoms with E-state index >= 15 is 0 Å². The van der Waals surface area contributed by atoms with Gasteiger partial charge in [0.15, 0.2) is 11.6 Å². The maximum absolute atomic E-state index is 13.6. The van der Waals surface area contributed by atoms with Gasteiger partial charge in [0.05, 0.1) is 0 Å². The van der Waals surface area contributed by atoms with Gasteiger partial charge in [-0.25, -0.2) is 9.37 Å². The summed E-state index contributed by atoms with van der Waals surface area (Å²) in [5, 5.41) is 1.02. The Kier molecular flexibility index (Phi) is 4.16. The number of nitrogens with zero attached hydrogens (tertiary/aromatic N) is 2. The van der Waals surface area contributed by atoms with Crippen LogP contribution in [0.1, 0.15) is 25.7 Å². The number of alkyl halides is 1. The smallest absolute Gasteiger partial charge is 0.165 e. The third kappa shape index (κ3) is 2.54. The normalized spacial score (nSPS) is 20.4. The first-order chi connectivity index (χ1) is 7.83. The predicted octanol–water partition coefficient (Wildman–Crippen LogP) is 3.36. The highest BCUT2D eigenvalue weighted by molar-refractivity contribution is 9.09. The summed E-state index contributed by atoms with van der Waals surface area (Å²) in [5.74, 6) is 0.327. The van der Waals surface area contributed by atoms with E-state index in [9.17, 15) is 4.39 Å². The Labute approximate surface area is 104 Å². The van der Waals surface area contributed by atoms with E-state index in [2.05, 4.69) is 25.8 Å². The summed E-state index contributed by atoms with van der Waals surface area (Å²) in [5.41, 5.74) is 0. The fourth-order valence-electron chi connectivity index (χ4n) is 2.32. The fourth-order valence-corrected chi connectivity index (χ4v) is 2.64. The van der Waals surface area contributed by atoms with E-state index in [1.807, 2.05) is 0 Å². The number of hydrogen-bond acceptors (Lipinski definition) is 2. The largest absolute Gasteiger partial charge is 0.351 e. The number of pyridine rings is 1. The number of anilines is 1. The van der Waals surface area contributed by atoms with E-state index in [0.717, 1.165) is 37.6 Å². The summed E-state index contributed by atoms with van der Waals surface area (Å²) < 4.78 is 13.6. The molecule has 0 radical (unpaired) electrons. The third-order valence-electron chi connectivity index (χ3n) is 3.06. The average molecular weight is 287 g/mol. The van der Waals surface area contributed by atoms with Gasteiger partial charge in [-0.2, -0.15) is 0 Å². The number of hydrogen-bond donors (Lipinski definition) is 0. The monoisotopic (exact) mass is 286 g/mol. The topological polar surface area (TPSA) is 16.1 Å². The zero-order valence-corrected chi connectivity index (χ0v) is 10.8. The van der Waals surface area contributed by atoms with Gasteiger partial charge in [0.25, 0.3) is 0 Å². The van der Waals surface area contributed by atoms with Crippen LogP contribution in [0, 0.1) is 5.82 Å². The standard InChI is InChI=1S/C12H16BrFN2/c13-7-1-4-10-5-3-9-16(10)12-11(14)6-2-8-15-12/h2,6,8,10H,1,3-5,7,9H2. The molecule has 2 heterocycles. The van der Waals surface area contributed by atoms with Gasteiger partial charge in [-0.05, 0) is 37.8 Å². The molecule has 0 aromatic carbocycles. The minimum atomic E-state index is -0.201. The first-order valence-electron chi connectivity index (χ1n) is 5.76. The minimum Gasteiger partial charge on any atom is -0.351 e. The molecule has 1 aromatic heterocycles. The van der Waals surface area contributed by atoms with Crippen molar-refractivity contribution in [1.82, 2.24) is 4.98 Å². The first kappa shape index (κ1) is 11.8. The van der Waals surface area contributed by atoms with Crippen molar-refractivity contribution in [3.63, 3.8) is 0 Å². The highest BCUT2D eigenvalue weighted by Gasteiger charge is 2.26. The second-order valence-corrected chi connectivity index (χ2v) is 4.92. The van der Waals surface area contributed by atoms with Crippen molar-refractivity contribution in [1.29, 1.82) is 0 Å². The van der Waals surface area contributed by atoms with Crippen molar-refractivity contribution in [2.24, 2.45) is 0 Å². The molecule has 1 atom stereocenters. The molecule has 0 spiro atoms. The van der Waals surface area contributed by atoms with Crippen LogP contribution in [0.25, 0.3) is 0 Å². The van der Waals surface area contributed by atoms with Gasteiger partial charge in [-0.1, -0.05) is 15.9 Å². The van der Waals surface area contributed by atoms with Crippen molar-refractivity contribution >= 4 is 21.7 Å². The van der Waals surface area contributed by atoms with Gasteiger partial charge >= 0.3 is 0 Å². The van der Waals surface area contributed by atoms with Crippen LogP contribution in [-0.4, -0.2) is 22.9 Å². The second kappa shape index (κ2) is 5.62. The minimum absolute atomic E-state index is 0.201. The lowest BCUT2D eigenvalue weighted by Crippen LogP contribution is -2.30. The Morgan fingerprint density at radius 3 is 3.19 bits per heavy atom. The van der Waals surface area contributed by atoms with Gasteiger partial charge < -0.3 is 4.90 Å². The Bertz CT molecular complexity index is 346. The summed E-state index contributed by atoms with van der Waals surface area (Å²) in [7, 11) is 0. The van der Waals surface area contributed by atoms with Crippen LogP contribution in [0.5, 0.6) is 0 Å². The fraction of sp³-hybridized carbons (Fsp3) is 0.583. The molecular formula is C12H16BrFN2. The van der Waals surface area contributed by atoms with Crippen molar-refractivity contribution < 1.29 is 4.39 Å². The van der Waals surface area contributed by atoms with E-state index in [0.29, 0.717) is 11.9 Å². The van der Waals surface area contributed by atoms with E-state index in [1.54, 1.807) is 12.3 Å². The van der Waals surface area contributed by atoms with Crippen LogP contribution in [0.3, 0.4) is 0 Å². The molecule has 88 valence electrons. The zero-order chi connectivity index (χ0) is 11.4. The molecule has 0 amide bonds. The van der Waals surface area contributed by atoms with Crippen LogP contribution in [-0.2, 0) is 0 Å². The quantitative estimate of drug-likeness (QED) is 0.789. The van der Waals surface area contributed by atoms with Crippen molar-refractivity contribution in [3.8, 4) is 0 Å². The van der Waals surface area contributed by atoms with Crippen LogP contribution in [0.15, 0.2) is 18.3 Å². The molecule has 1 unspecified atom stereocenters. The lowest BCUT2D eigenvalue weighted by Gasteiger charge is -2.25. The Morgan fingerprint density at radius 2 is 2.44 bits per heavy atom. The lowest BCUT2D eigenvalue weighted by atomic mass is 10.1. The van der Waals surface area contributed by atoms with E-state index < -0.39 is 0 Å². The maximum atomic E-state index is 13.6. The molecule has 1 aliphatic rings. The number of rotatable bonds is 4. The van der Waals surface area contributed by atoms with Gasteiger partial charge in [0.2, 0.25) is 0 Å². The first-order valence-corrected chi connectivity index (χ1v) is 6.88. The zero-order valence-electron chi connectivity index (χ0n) is 9.20. The molecule has 1 aliphatic heterocycles. The summed E-state index contributed by atoms with van der Waals surface area (Å²) in [6.45, 7) is 0.931. The molecule has 0 saturated carbocycles. The second-order valence-electron chi connectivity index (χ2n) is 4.13.